The molecule has 0 heterocycles. The average molecular weight is 634 g/mol. The number of hydrogen-bond acceptors (Lipinski definition) is 5. The van der Waals surface area contributed by atoms with Gasteiger partial charge in [-0.25, -0.2) is 8.42 Å². The van der Waals surface area contributed by atoms with Crippen LogP contribution in [-0.2, 0) is 32.6 Å². The van der Waals surface area contributed by atoms with Gasteiger partial charge >= 0.3 is 0 Å². The van der Waals surface area contributed by atoms with Crippen LogP contribution in [0.1, 0.15) is 24.5 Å². The summed E-state index contributed by atoms with van der Waals surface area (Å²) in [4.78, 5) is 29.6. The summed E-state index contributed by atoms with van der Waals surface area (Å²) in [5, 5.41) is 3.36. The van der Waals surface area contributed by atoms with E-state index >= 15 is 0 Å². The van der Waals surface area contributed by atoms with Gasteiger partial charge in [0.1, 0.15) is 18.3 Å². The topological polar surface area (TPSA) is 96.0 Å². The third-order valence-electron chi connectivity index (χ3n) is 7.03. The summed E-state index contributed by atoms with van der Waals surface area (Å²) in [7, 11) is -2.62. The maximum absolute atomic E-state index is 14.4. The van der Waals surface area contributed by atoms with Gasteiger partial charge in [-0.2, -0.15) is 0 Å². The Labute approximate surface area is 264 Å². The highest BCUT2D eigenvalue weighted by Gasteiger charge is 2.34. The van der Waals surface area contributed by atoms with E-state index in [0.717, 1.165) is 15.4 Å². The second-order valence-corrected chi connectivity index (χ2v) is 12.5. The second kappa shape index (κ2) is 15.4. The van der Waals surface area contributed by atoms with Gasteiger partial charge in [0.15, 0.2) is 0 Å². The van der Waals surface area contributed by atoms with Crippen LogP contribution in [0.25, 0.3) is 0 Å². The Hall–Kier alpha value is -4.34. The molecule has 1 atom stereocenters. The number of carbonyl (C=O) groups is 2. The molecule has 0 aromatic heterocycles. The van der Waals surface area contributed by atoms with Crippen molar-refractivity contribution in [2.75, 3.05) is 24.5 Å². The van der Waals surface area contributed by atoms with E-state index in [2.05, 4.69) is 5.32 Å². The summed E-state index contributed by atoms with van der Waals surface area (Å²) in [5.74, 6) is -0.273. The molecule has 0 radical (unpaired) electrons. The van der Waals surface area contributed by atoms with E-state index in [9.17, 15) is 18.0 Å². The van der Waals surface area contributed by atoms with Crippen molar-refractivity contribution < 1.29 is 22.7 Å². The van der Waals surface area contributed by atoms with Gasteiger partial charge in [-0.1, -0.05) is 79.2 Å². The predicted octanol–water partition coefficient (Wildman–Crippen LogP) is 5.71. The van der Waals surface area contributed by atoms with Crippen LogP contribution in [0.3, 0.4) is 0 Å². The monoisotopic (exact) mass is 633 g/mol. The lowest BCUT2D eigenvalue weighted by Gasteiger charge is -2.34. The first-order chi connectivity index (χ1) is 21.2. The molecule has 8 nitrogen and oxygen atoms in total. The number of carbonyl (C=O) groups excluding carboxylic acids is 2. The number of rotatable bonds is 14. The second-order valence-electron chi connectivity index (χ2n) is 10.2. The van der Waals surface area contributed by atoms with Crippen molar-refractivity contribution in [2.24, 2.45) is 0 Å². The highest BCUT2D eigenvalue weighted by molar-refractivity contribution is 7.92. The highest BCUT2D eigenvalue weighted by Crippen LogP contribution is 2.26. The fourth-order valence-corrected chi connectivity index (χ4v) is 6.30. The van der Waals surface area contributed by atoms with Crippen molar-refractivity contribution >= 4 is 39.1 Å². The lowest BCUT2D eigenvalue weighted by Crippen LogP contribution is -2.53. The van der Waals surface area contributed by atoms with Crippen molar-refractivity contribution in [1.29, 1.82) is 0 Å². The predicted molar refractivity (Wildman–Crippen MR) is 173 cm³/mol. The Balaban J connectivity index is 1.79. The minimum absolute atomic E-state index is 0.0311. The van der Waals surface area contributed by atoms with E-state index in [-0.39, 0.29) is 29.5 Å². The molecular formula is C34H36ClN3O5S. The first-order valence-electron chi connectivity index (χ1n) is 14.3. The van der Waals surface area contributed by atoms with Crippen LogP contribution in [0.2, 0.25) is 5.02 Å². The molecule has 4 aromatic rings. The quantitative estimate of drug-likeness (QED) is 0.192. The Morgan fingerprint density at radius 1 is 0.864 bits per heavy atom. The molecule has 0 saturated carbocycles. The van der Waals surface area contributed by atoms with Gasteiger partial charge in [-0.05, 0) is 66.1 Å². The Kier molecular flexibility index (Phi) is 11.4. The van der Waals surface area contributed by atoms with Crippen LogP contribution in [0.5, 0.6) is 5.75 Å². The third-order valence-corrected chi connectivity index (χ3v) is 9.07. The van der Waals surface area contributed by atoms with Gasteiger partial charge in [0.25, 0.3) is 10.0 Å². The summed E-state index contributed by atoms with van der Waals surface area (Å²) in [6.45, 7) is 1.89. The van der Waals surface area contributed by atoms with Gasteiger partial charge in [-0.15, -0.1) is 0 Å². The number of benzene rings is 4. The van der Waals surface area contributed by atoms with Crippen LogP contribution in [0, 0.1) is 0 Å². The van der Waals surface area contributed by atoms with Gasteiger partial charge in [0.05, 0.1) is 17.7 Å². The summed E-state index contributed by atoms with van der Waals surface area (Å²) in [6.07, 6.45) is 0.950. The number of anilines is 1. The third kappa shape index (κ3) is 8.39. The molecule has 230 valence electrons. The molecule has 2 amide bonds. The van der Waals surface area contributed by atoms with Gasteiger partial charge in [-0.3, -0.25) is 13.9 Å². The van der Waals surface area contributed by atoms with Crippen molar-refractivity contribution in [3.63, 3.8) is 0 Å². The van der Waals surface area contributed by atoms with Gasteiger partial charge in [0, 0.05) is 24.5 Å². The van der Waals surface area contributed by atoms with E-state index in [0.29, 0.717) is 23.7 Å². The molecule has 0 fully saturated rings. The lowest BCUT2D eigenvalue weighted by atomic mass is 10.0. The number of hydrogen-bond donors (Lipinski definition) is 1. The van der Waals surface area contributed by atoms with Crippen molar-refractivity contribution in [1.82, 2.24) is 10.2 Å². The molecule has 44 heavy (non-hydrogen) atoms. The molecule has 0 aliphatic heterocycles. The Morgan fingerprint density at radius 2 is 1.50 bits per heavy atom. The van der Waals surface area contributed by atoms with Crippen LogP contribution < -0.4 is 14.4 Å². The van der Waals surface area contributed by atoms with Gasteiger partial charge < -0.3 is 15.0 Å². The fourth-order valence-electron chi connectivity index (χ4n) is 4.74. The largest absolute Gasteiger partial charge is 0.497 e. The van der Waals surface area contributed by atoms with E-state index in [1.165, 1.54) is 17.0 Å². The zero-order chi connectivity index (χ0) is 31.5. The van der Waals surface area contributed by atoms with Crippen LogP contribution in [0.4, 0.5) is 5.69 Å². The van der Waals surface area contributed by atoms with Crippen molar-refractivity contribution in [3.05, 3.63) is 125 Å². The number of amides is 2. The van der Waals surface area contributed by atoms with E-state index in [1.54, 1.807) is 67.8 Å². The van der Waals surface area contributed by atoms with Crippen molar-refractivity contribution in [3.8, 4) is 5.75 Å². The molecule has 0 aliphatic carbocycles. The molecule has 10 heteroatoms. The van der Waals surface area contributed by atoms with E-state index < -0.39 is 28.5 Å². The summed E-state index contributed by atoms with van der Waals surface area (Å²) < 4.78 is 34.4. The molecule has 4 aromatic carbocycles. The molecule has 0 aliphatic rings. The number of nitrogens with one attached hydrogen (secondary N) is 1. The number of ether oxygens (including phenoxy) is 1. The first kappa shape index (κ1) is 32.6. The molecule has 4 rings (SSSR count). The van der Waals surface area contributed by atoms with Crippen LogP contribution in [-0.4, -0.2) is 51.4 Å². The summed E-state index contributed by atoms with van der Waals surface area (Å²) in [5.41, 5.74) is 1.85. The molecule has 1 N–H and O–H groups in total. The number of halogens is 1. The summed E-state index contributed by atoms with van der Waals surface area (Å²) in [6, 6.07) is 29.9. The molecule has 0 bridgehead atoms. The fraction of sp³-hybridized carbons (Fsp3) is 0.235. The summed E-state index contributed by atoms with van der Waals surface area (Å²) >= 11 is 6.12. The zero-order valence-corrected chi connectivity index (χ0v) is 26.3. The molecule has 0 unspecified atom stereocenters. The average Bonchev–Trinajstić information content (AvgIpc) is 3.05. The van der Waals surface area contributed by atoms with Crippen LogP contribution in [0.15, 0.2) is 114 Å². The number of sulfonamides is 1. The molecular weight excluding hydrogens is 598 g/mol. The normalized spacial score (nSPS) is 11.8. The van der Waals surface area contributed by atoms with E-state index in [1.807, 2.05) is 43.3 Å². The Bertz CT molecular complexity index is 1630. The maximum atomic E-state index is 14.4. The number of methoxy groups -OCH3 is 1. The van der Waals surface area contributed by atoms with Crippen LogP contribution >= 0.6 is 11.6 Å². The zero-order valence-electron chi connectivity index (χ0n) is 24.7. The SMILES string of the molecule is CCCNC(=O)[C@@H](Cc1ccccc1)N(Cc1cccc(OC)c1)C(=O)CN(c1ccc(Cl)cc1)S(=O)(=O)c1ccccc1. The van der Waals surface area contributed by atoms with Gasteiger partial charge in [0.2, 0.25) is 11.8 Å². The lowest BCUT2D eigenvalue weighted by molar-refractivity contribution is -0.140. The Morgan fingerprint density at radius 3 is 2.14 bits per heavy atom. The minimum atomic E-state index is -4.18. The van der Waals surface area contributed by atoms with E-state index in [4.69, 9.17) is 16.3 Å². The standard InChI is InChI=1S/C34H36ClN3O5S/c1-3-21-36-34(40)32(23-26-11-6-4-7-12-26)37(24-27-13-10-14-30(22-27)43-2)33(39)25-38(29-19-17-28(35)18-20-29)44(41,42)31-15-8-5-9-16-31/h4-20,22,32H,3,21,23-25H2,1-2H3,(H,36,40)/t32-/m1/s1. The molecule has 0 spiro atoms. The highest BCUT2D eigenvalue weighted by atomic mass is 35.5. The molecule has 0 saturated heterocycles. The maximum Gasteiger partial charge on any atom is 0.264 e. The minimum Gasteiger partial charge on any atom is -0.497 e. The smallest absolute Gasteiger partial charge is 0.264 e. The van der Waals surface area contributed by atoms with Crippen molar-refractivity contribution in [2.45, 2.75) is 37.2 Å². The first-order valence-corrected chi connectivity index (χ1v) is 16.1. The number of nitrogens with zero attached hydrogens (tertiary/aromatic N) is 2.